The van der Waals surface area contributed by atoms with Crippen molar-refractivity contribution in [3.8, 4) is 0 Å². The fraction of sp³-hybridized carbons (Fsp3) is 0.636. The maximum atomic E-state index is 12.0. The first-order valence-electron chi connectivity index (χ1n) is 5.30. The first kappa shape index (κ1) is 14.1. The Bertz CT molecular complexity index is 385. The summed E-state index contributed by atoms with van der Waals surface area (Å²) < 4.78 is 38.1. The van der Waals surface area contributed by atoms with E-state index in [1.165, 1.54) is 0 Å². The molecule has 3 nitrogen and oxygen atoms in total. The van der Waals surface area contributed by atoms with Gasteiger partial charge in [0.15, 0.2) is 6.10 Å². The Morgan fingerprint density at radius 1 is 1.41 bits per heavy atom. The summed E-state index contributed by atoms with van der Waals surface area (Å²) in [7, 11) is 1.90. The molecular formula is C11H17F3N2O. The number of rotatable bonds is 4. The molecule has 0 bridgehead atoms. The minimum Gasteiger partial charge on any atom is -0.382 e. The van der Waals surface area contributed by atoms with Crippen LogP contribution < -0.4 is 5.32 Å². The van der Waals surface area contributed by atoms with E-state index >= 15 is 0 Å². The van der Waals surface area contributed by atoms with Gasteiger partial charge in [-0.05, 0) is 25.5 Å². The van der Waals surface area contributed by atoms with Crippen molar-refractivity contribution in [2.24, 2.45) is 7.05 Å². The SMILES string of the molecule is Cc1cc(CNCC(O)C(F)(F)F)c(C)n1C. The molecule has 0 aliphatic rings. The van der Waals surface area contributed by atoms with Crippen molar-refractivity contribution in [1.29, 1.82) is 0 Å². The van der Waals surface area contributed by atoms with Gasteiger partial charge in [-0.3, -0.25) is 0 Å². The summed E-state index contributed by atoms with van der Waals surface area (Å²) in [5, 5.41) is 11.4. The van der Waals surface area contributed by atoms with E-state index in [1.54, 1.807) is 0 Å². The van der Waals surface area contributed by atoms with Gasteiger partial charge in [0.05, 0.1) is 0 Å². The predicted octanol–water partition coefficient (Wildman–Crippen LogP) is 1.65. The van der Waals surface area contributed by atoms with E-state index in [-0.39, 0.29) is 0 Å². The molecule has 1 aromatic rings. The van der Waals surface area contributed by atoms with Gasteiger partial charge >= 0.3 is 6.18 Å². The largest absolute Gasteiger partial charge is 0.415 e. The van der Waals surface area contributed by atoms with Crippen molar-refractivity contribution < 1.29 is 18.3 Å². The molecule has 1 aromatic heterocycles. The highest BCUT2D eigenvalue weighted by atomic mass is 19.4. The van der Waals surface area contributed by atoms with Gasteiger partial charge in [0.2, 0.25) is 0 Å². The molecule has 0 aliphatic carbocycles. The summed E-state index contributed by atoms with van der Waals surface area (Å²) in [6.45, 7) is 3.67. The van der Waals surface area contributed by atoms with Crippen LogP contribution >= 0.6 is 0 Å². The Kier molecular flexibility index (Phi) is 4.21. The zero-order valence-corrected chi connectivity index (χ0v) is 10.1. The number of nitrogens with zero attached hydrogens (tertiary/aromatic N) is 1. The van der Waals surface area contributed by atoms with Crippen LogP contribution in [-0.4, -0.2) is 28.5 Å². The van der Waals surface area contributed by atoms with Crippen LogP contribution in [0.15, 0.2) is 6.07 Å². The maximum absolute atomic E-state index is 12.0. The van der Waals surface area contributed by atoms with Gasteiger partial charge in [-0.15, -0.1) is 0 Å². The van der Waals surface area contributed by atoms with E-state index in [2.05, 4.69) is 5.32 Å². The van der Waals surface area contributed by atoms with E-state index in [9.17, 15) is 13.2 Å². The number of aromatic nitrogens is 1. The number of aliphatic hydroxyl groups excluding tert-OH is 1. The van der Waals surface area contributed by atoms with Crippen LogP contribution in [-0.2, 0) is 13.6 Å². The molecule has 0 spiro atoms. The number of aryl methyl sites for hydroxylation is 1. The molecule has 0 aliphatic heterocycles. The molecule has 0 fully saturated rings. The highest BCUT2D eigenvalue weighted by Crippen LogP contribution is 2.19. The van der Waals surface area contributed by atoms with Crippen molar-refractivity contribution in [2.45, 2.75) is 32.7 Å². The van der Waals surface area contributed by atoms with Gasteiger partial charge in [-0.25, -0.2) is 0 Å². The fourth-order valence-corrected chi connectivity index (χ4v) is 1.57. The third-order valence-electron chi connectivity index (χ3n) is 2.91. The normalized spacial score (nSPS) is 14.1. The second-order valence-corrected chi connectivity index (χ2v) is 4.14. The quantitative estimate of drug-likeness (QED) is 0.852. The highest BCUT2D eigenvalue weighted by Gasteiger charge is 2.37. The molecule has 1 unspecified atom stereocenters. The standard InChI is InChI=1S/C11H17F3N2O/c1-7-4-9(8(2)16(7)3)5-15-6-10(17)11(12,13)14/h4,10,15,17H,5-6H2,1-3H3. The average Bonchev–Trinajstić information content (AvgIpc) is 2.45. The monoisotopic (exact) mass is 250 g/mol. The molecular weight excluding hydrogens is 233 g/mol. The van der Waals surface area contributed by atoms with Crippen LogP contribution in [0.4, 0.5) is 13.2 Å². The van der Waals surface area contributed by atoms with Crippen LogP contribution in [0, 0.1) is 13.8 Å². The van der Waals surface area contributed by atoms with Gasteiger partial charge < -0.3 is 15.0 Å². The van der Waals surface area contributed by atoms with Crippen molar-refractivity contribution >= 4 is 0 Å². The first-order chi connectivity index (χ1) is 7.73. The fourth-order valence-electron chi connectivity index (χ4n) is 1.57. The number of aliphatic hydroxyl groups is 1. The molecule has 1 rings (SSSR count). The molecule has 98 valence electrons. The average molecular weight is 250 g/mol. The molecule has 0 radical (unpaired) electrons. The molecule has 1 heterocycles. The van der Waals surface area contributed by atoms with Crippen molar-refractivity contribution in [3.63, 3.8) is 0 Å². The van der Waals surface area contributed by atoms with Crippen molar-refractivity contribution in [1.82, 2.24) is 9.88 Å². The van der Waals surface area contributed by atoms with E-state index in [4.69, 9.17) is 5.11 Å². The second kappa shape index (κ2) is 5.10. The van der Waals surface area contributed by atoms with Crippen LogP contribution in [0.3, 0.4) is 0 Å². The molecule has 0 aromatic carbocycles. The van der Waals surface area contributed by atoms with Gasteiger partial charge in [0.25, 0.3) is 0 Å². The minimum absolute atomic E-state index is 0.320. The molecule has 1 atom stereocenters. The van der Waals surface area contributed by atoms with Crippen LogP contribution in [0.2, 0.25) is 0 Å². The zero-order valence-electron chi connectivity index (χ0n) is 10.1. The lowest BCUT2D eigenvalue weighted by Gasteiger charge is -2.15. The van der Waals surface area contributed by atoms with Gasteiger partial charge in [-0.2, -0.15) is 13.2 Å². The summed E-state index contributed by atoms with van der Waals surface area (Å²) in [6, 6.07) is 1.92. The van der Waals surface area contributed by atoms with Crippen molar-refractivity contribution in [3.05, 3.63) is 23.0 Å². The third kappa shape index (κ3) is 3.47. The summed E-state index contributed by atoms with van der Waals surface area (Å²) in [4.78, 5) is 0. The number of nitrogens with one attached hydrogen (secondary N) is 1. The highest BCUT2D eigenvalue weighted by molar-refractivity contribution is 5.26. The molecule has 2 N–H and O–H groups in total. The Labute approximate surface area is 98.2 Å². The molecule has 0 saturated carbocycles. The van der Waals surface area contributed by atoms with Gasteiger partial charge in [0, 0.05) is 31.5 Å². The second-order valence-electron chi connectivity index (χ2n) is 4.14. The maximum Gasteiger partial charge on any atom is 0.415 e. The third-order valence-corrected chi connectivity index (χ3v) is 2.91. The van der Waals surface area contributed by atoms with E-state index in [0.29, 0.717) is 6.54 Å². The zero-order chi connectivity index (χ0) is 13.2. The lowest BCUT2D eigenvalue weighted by Crippen LogP contribution is -2.38. The van der Waals surface area contributed by atoms with Crippen LogP contribution in [0.1, 0.15) is 17.0 Å². The summed E-state index contributed by atoms with van der Waals surface area (Å²) in [5.41, 5.74) is 3.01. The number of halogens is 3. The molecule has 0 saturated heterocycles. The smallest absolute Gasteiger partial charge is 0.382 e. The summed E-state index contributed by atoms with van der Waals surface area (Å²) >= 11 is 0. The van der Waals surface area contributed by atoms with E-state index < -0.39 is 18.8 Å². The number of hydrogen-bond donors (Lipinski definition) is 2. The van der Waals surface area contributed by atoms with E-state index in [1.807, 2.05) is 31.5 Å². The lowest BCUT2D eigenvalue weighted by atomic mass is 10.2. The predicted molar refractivity (Wildman–Crippen MR) is 58.7 cm³/mol. The minimum atomic E-state index is -4.56. The van der Waals surface area contributed by atoms with Crippen LogP contribution in [0.25, 0.3) is 0 Å². The Hall–Kier alpha value is -1.01. The number of alkyl halides is 3. The topological polar surface area (TPSA) is 37.2 Å². The number of hydrogen-bond acceptors (Lipinski definition) is 2. The van der Waals surface area contributed by atoms with Gasteiger partial charge in [0.1, 0.15) is 0 Å². The summed E-state index contributed by atoms with van der Waals surface area (Å²) in [5.74, 6) is 0. The molecule has 6 heteroatoms. The Morgan fingerprint density at radius 2 is 2.00 bits per heavy atom. The Morgan fingerprint density at radius 3 is 2.41 bits per heavy atom. The first-order valence-corrected chi connectivity index (χ1v) is 5.30. The summed E-state index contributed by atoms with van der Waals surface area (Å²) in [6.07, 6.45) is -6.87. The van der Waals surface area contributed by atoms with Crippen molar-refractivity contribution in [2.75, 3.05) is 6.54 Å². The van der Waals surface area contributed by atoms with Crippen LogP contribution in [0.5, 0.6) is 0 Å². The Balaban J connectivity index is 2.49. The lowest BCUT2D eigenvalue weighted by molar-refractivity contribution is -0.201. The van der Waals surface area contributed by atoms with E-state index in [0.717, 1.165) is 17.0 Å². The van der Waals surface area contributed by atoms with Gasteiger partial charge in [-0.1, -0.05) is 0 Å². The molecule has 17 heavy (non-hydrogen) atoms. The molecule has 0 amide bonds.